The molecule has 0 atom stereocenters. The molecule has 0 bridgehead atoms. The second-order valence-electron chi connectivity index (χ2n) is 4.87. The summed E-state index contributed by atoms with van der Waals surface area (Å²) in [5, 5.41) is 19.6. The number of aryl methyl sites for hydroxylation is 1. The molecule has 23 heavy (non-hydrogen) atoms. The average molecular weight is 333 g/mol. The van der Waals surface area contributed by atoms with Crippen LogP contribution in [0.3, 0.4) is 0 Å². The van der Waals surface area contributed by atoms with Gasteiger partial charge >= 0.3 is 11.8 Å². The lowest BCUT2D eigenvalue weighted by Gasteiger charge is -2.07. The van der Waals surface area contributed by atoms with E-state index in [0.717, 1.165) is 5.56 Å². The average Bonchev–Trinajstić information content (AvgIpc) is 3.02. The minimum atomic E-state index is -0.928. The first kappa shape index (κ1) is 16.6. The van der Waals surface area contributed by atoms with Crippen LogP contribution in [-0.4, -0.2) is 23.3 Å². The van der Waals surface area contributed by atoms with Crippen LogP contribution in [0.15, 0.2) is 35.0 Å². The molecular weight excluding hydrogens is 318 g/mol. The highest BCUT2D eigenvalue weighted by molar-refractivity contribution is 7.07. The molecule has 0 radical (unpaired) electrons. The molecule has 1 aromatic carbocycles. The summed E-state index contributed by atoms with van der Waals surface area (Å²) in [7, 11) is 0. The Morgan fingerprint density at radius 3 is 2.70 bits per heavy atom. The van der Waals surface area contributed by atoms with Crippen molar-refractivity contribution in [2.45, 2.75) is 13.3 Å². The molecule has 0 aliphatic rings. The topological polar surface area (TPSA) is 101 Å². The maximum absolute atomic E-state index is 11.8. The molecule has 2 N–H and O–H groups in total. The van der Waals surface area contributed by atoms with E-state index in [-0.39, 0.29) is 11.4 Å². The number of anilines is 1. The minimum absolute atomic E-state index is 0.00131. The Bertz CT molecular complexity index is 728. The summed E-state index contributed by atoms with van der Waals surface area (Å²) < 4.78 is 0. The number of benzene rings is 1. The maximum atomic E-state index is 11.8. The number of nitro groups is 1. The van der Waals surface area contributed by atoms with E-state index >= 15 is 0 Å². The smallest absolute Gasteiger partial charge is 0.313 e. The Hall–Kier alpha value is -2.74. The van der Waals surface area contributed by atoms with Crippen LogP contribution in [0.2, 0.25) is 0 Å². The summed E-state index contributed by atoms with van der Waals surface area (Å²) >= 11 is 1.56. The lowest BCUT2D eigenvalue weighted by atomic mass is 10.2. The second-order valence-corrected chi connectivity index (χ2v) is 5.65. The Kier molecular flexibility index (Phi) is 5.42. The van der Waals surface area contributed by atoms with Gasteiger partial charge in [0.2, 0.25) is 0 Å². The number of hydrogen-bond donors (Lipinski definition) is 2. The van der Waals surface area contributed by atoms with Gasteiger partial charge in [0.25, 0.3) is 5.69 Å². The number of thiophene rings is 1. The standard InChI is InChI=1S/C15H15N3O4S/c1-10-2-3-12(13(8-10)18(21)22)17-15(20)14(19)16-6-4-11-5-7-23-9-11/h2-3,5,7-9H,4,6H2,1H3,(H,16,19)(H,17,20). The predicted octanol–water partition coefficient (Wildman–Crippen LogP) is 2.26. The van der Waals surface area contributed by atoms with Crippen LogP contribution in [-0.2, 0) is 16.0 Å². The first-order chi connectivity index (χ1) is 11.0. The van der Waals surface area contributed by atoms with E-state index in [1.54, 1.807) is 24.3 Å². The molecule has 1 aromatic heterocycles. The van der Waals surface area contributed by atoms with E-state index in [9.17, 15) is 19.7 Å². The van der Waals surface area contributed by atoms with Gasteiger partial charge in [-0.15, -0.1) is 0 Å². The number of carbonyl (C=O) groups excluding carboxylic acids is 2. The molecule has 0 saturated heterocycles. The van der Waals surface area contributed by atoms with Crippen molar-refractivity contribution in [3.8, 4) is 0 Å². The van der Waals surface area contributed by atoms with Crippen LogP contribution in [0.1, 0.15) is 11.1 Å². The van der Waals surface area contributed by atoms with Gasteiger partial charge in [0.05, 0.1) is 4.92 Å². The van der Waals surface area contributed by atoms with E-state index < -0.39 is 16.7 Å². The predicted molar refractivity (Wildman–Crippen MR) is 87.5 cm³/mol. The van der Waals surface area contributed by atoms with Crippen LogP contribution in [0.4, 0.5) is 11.4 Å². The minimum Gasteiger partial charge on any atom is -0.347 e. The van der Waals surface area contributed by atoms with Crippen molar-refractivity contribution in [1.82, 2.24) is 5.32 Å². The van der Waals surface area contributed by atoms with Gasteiger partial charge in [0.1, 0.15) is 5.69 Å². The quantitative estimate of drug-likeness (QED) is 0.498. The van der Waals surface area contributed by atoms with Crippen LogP contribution in [0.25, 0.3) is 0 Å². The Morgan fingerprint density at radius 2 is 2.04 bits per heavy atom. The third-order valence-corrected chi connectivity index (χ3v) is 3.82. The summed E-state index contributed by atoms with van der Waals surface area (Å²) in [5.41, 5.74) is 1.52. The molecule has 0 unspecified atom stereocenters. The fraction of sp³-hybridized carbons (Fsp3) is 0.200. The molecule has 0 aliphatic heterocycles. The molecule has 0 aliphatic carbocycles. The van der Waals surface area contributed by atoms with Gasteiger partial charge in [-0.3, -0.25) is 19.7 Å². The third kappa shape index (κ3) is 4.62. The Labute approximate surface area is 136 Å². The lowest BCUT2D eigenvalue weighted by molar-refractivity contribution is -0.384. The van der Waals surface area contributed by atoms with Gasteiger partial charge in [0.15, 0.2) is 0 Å². The van der Waals surface area contributed by atoms with Gasteiger partial charge in [-0.25, -0.2) is 0 Å². The zero-order valence-corrected chi connectivity index (χ0v) is 13.2. The molecule has 2 aromatic rings. The van der Waals surface area contributed by atoms with Crippen molar-refractivity contribution in [3.63, 3.8) is 0 Å². The zero-order chi connectivity index (χ0) is 16.8. The zero-order valence-electron chi connectivity index (χ0n) is 12.4. The number of rotatable bonds is 5. The first-order valence-electron chi connectivity index (χ1n) is 6.82. The fourth-order valence-corrected chi connectivity index (χ4v) is 2.62. The molecule has 2 amide bonds. The SMILES string of the molecule is Cc1ccc(NC(=O)C(=O)NCCc2ccsc2)c([N+](=O)[O-])c1. The summed E-state index contributed by atoms with van der Waals surface area (Å²) in [6.07, 6.45) is 0.618. The largest absolute Gasteiger partial charge is 0.347 e. The summed E-state index contributed by atoms with van der Waals surface area (Å²) in [5.74, 6) is -1.75. The number of amides is 2. The molecule has 2 rings (SSSR count). The molecule has 1 heterocycles. The Morgan fingerprint density at radius 1 is 1.26 bits per heavy atom. The van der Waals surface area contributed by atoms with E-state index in [4.69, 9.17) is 0 Å². The summed E-state index contributed by atoms with van der Waals surface area (Å²) in [6, 6.07) is 6.30. The number of carbonyl (C=O) groups is 2. The van der Waals surface area contributed by atoms with Crippen LogP contribution >= 0.6 is 11.3 Å². The molecule has 0 fully saturated rings. The fourth-order valence-electron chi connectivity index (χ4n) is 1.91. The lowest BCUT2D eigenvalue weighted by Crippen LogP contribution is -2.36. The monoisotopic (exact) mass is 333 g/mol. The normalized spacial score (nSPS) is 10.1. The van der Waals surface area contributed by atoms with Crippen molar-refractivity contribution in [2.75, 3.05) is 11.9 Å². The van der Waals surface area contributed by atoms with Crippen molar-refractivity contribution in [1.29, 1.82) is 0 Å². The van der Waals surface area contributed by atoms with Crippen LogP contribution < -0.4 is 10.6 Å². The first-order valence-corrected chi connectivity index (χ1v) is 7.77. The molecule has 0 spiro atoms. The van der Waals surface area contributed by atoms with Crippen molar-refractivity contribution in [3.05, 3.63) is 56.3 Å². The molecule has 0 saturated carbocycles. The van der Waals surface area contributed by atoms with Crippen molar-refractivity contribution >= 4 is 34.5 Å². The van der Waals surface area contributed by atoms with Crippen molar-refractivity contribution < 1.29 is 14.5 Å². The summed E-state index contributed by atoms with van der Waals surface area (Å²) in [6.45, 7) is 2.02. The van der Waals surface area contributed by atoms with Crippen LogP contribution in [0.5, 0.6) is 0 Å². The van der Waals surface area contributed by atoms with Crippen molar-refractivity contribution in [2.24, 2.45) is 0 Å². The van der Waals surface area contributed by atoms with E-state index in [1.807, 2.05) is 16.8 Å². The van der Waals surface area contributed by atoms with Crippen LogP contribution in [0, 0.1) is 17.0 Å². The molecule has 8 heteroatoms. The van der Waals surface area contributed by atoms with E-state index in [1.165, 1.54) is 12.1 Å². The Balaban J connectivity index is 1.93. The highest BCUT2D eigenvalue weighted by atomic mass is 32.1. The number of nitrogens with zero attached hydrogens (tertiary/aromatic N) is 1. The van der Waals surface area contributed by atoms with Gasteiger partial charge in [-0.05, 0) is 47.4 Å². The second kappa shape index (κ2) is 7.50. The third-order valence-electron chi connectivity index (χ3n) is 3.08. The maximum Gasteiger partial charge on any atom is 0.313 e. The number of hydrogen-bond acceptors (Lipinski definition) is 5. The van der Waals surface area contributed by atoms with E-state index in [2.05, 4.69) is 10.6 Å². The van der Waals surface area contributed by atoms with Gasteiger partial charge < -0.3 is 10.6 Å². The number of nitrogens with one attached hydrogen (secondary N) is 2. The number of nitro benzene ring substituents is 1. The van der Waals surface area contributed by atoms with Gasteiger partial charge in [0, 0.05) is 12.6 Å². The molecule has 7 nitrogen and oxygen atoms in total. The molecule has 120 valence electrons. The van der Waals surface area contributed by atoms with Gasteiger partial charge in [-0.1, -0.05) is 6.07 Å². The molecular formula is C15H15N3O4S. The highest BCUT2D eigenvalue weighted by Crippen LogP contribution is 2.25. The van der Waals surface area contributed by atoms with Gasteiger partial charge in [-0.2, -0.15) is 11.3 Å². The van der Waals surface area contributed by atoms with E-state index in [0.29, 0.717) is 18.5 Å². The summed E-state index contributed by atoms with van der Waals surface area (Å²) in [4.78, 5) is 33.9. The highest BCUT2D eigenvalue weighted by Gasteiger charge is 2.19.